The first-order valence-corrected chi connectivity index (χ1v) is 7.18. The van der Waals surface area contributed by atoms with Gasteiger partial charge in [0.1, 0.15) is 0 Å². The van der Waals surface area contributed by atoms with Crippen molar-refractivity contribution in [2.75, 3.05) is 0 Å². The van der Waals surface area contributed by atoms with Crippen molar-refractivity contribution in [1.82, 2.24) is 9.97 Å². The van der Waals surface area contributed by atoms with Gasteiger partial charge in [-0.15, -0.1) is 0 Å². The molecule has 0 N–H and O–H groups in total. The molecular weight excluding hydrogens is 232 g/mol. The maximum Gasteiger partial charge on any atom is 0.0920 e. The topological polar surface area (TPSA) is 25.8 Å². The summed E-state index contributed by atoms with van der Waals surface area (Å²) < 4.78 is 0. The fourth-order valence-electron chi connectivity index (χ4n) is 2.36. The second kappa shape index (κ2) is 7.03. The van der Waals surface area contributed by atoms with Gasteiger partial charge in [-0.25, -0.2) is 0 Å². The van der Waals surface area contributed by atoms with Crippen molar-refractivity contribution in [2.45, 2.75) is 46.0 Å². The summed E-state index contributed by atoms with van der Waals surface area (Å²) in [6.07, 6.45) is 9.95. The van der Waals surface area contributed by atoms with Crippen LogP contribution in [-0.2, 0) is 6.42 Å². The second-order valence-corrected chi connectivity index (χ2v) is 4.98. The molecule has 0 aliphatic carbocycles. The van der Waals surface area contributed by atoms with Gasteiger partial charge in [-0.3, -0.25) is 9.97 Å². The van der Waals surface area contributed by atoms with Gasteiger partial charge in [0.05, 0.1) is 11.4 Å². The predicted octanol–water partition coefficient (Wildman–Crippen LogP) is 4.57. The van der Waals surface area contributed by atoms with Crippen LogP contribution in [0, 0.1) is 6.92 Å². The number of aryl methyl sites for hydroxylation is 1. The Morgan fingerprint density at radius 2 is 1.84 bits per heavy atom. The first kappa shape index (κ1) is 13.7. The zero-order valence-electron chi connectivity index (χ0n) is 11.9. The third-order valence-corrected chi connectivity index (χ3v) is 3.48. The van der Waals surface area contributed by atoms with Gasteiger partial charge in [0.2, 0.25) is 0 Å². The van der Waals surface area contributed by atoms with E-state index in [1.807, 2.05) is 30.6 Å². The highest BCUT2D eigenvalue weighted by Crippen LogP contribution is 2.23. The molecule has 100 valence electrons. The molecule has 0 aliphatic rings. The largest absolute Gasteiger partial charge is 0.255 e. The smallest absolute Gasteiger partial charge is 0.0920 e. The summed E-state index contributed by atoms with van der Waals surface area (Å²) in [5.74, 6) is 0. The molecule has 0 fully saturated rings. The molecule has 2 rings (SSSR count). The molecule has 0 saturated heterocycles. The minimum atomic E-state index is 0.983. The fraction of sp³-hybridized carbons (Fsp3) is 0.412. The molecule has 2 nitrogen and oxygen atoms in total. The van der Waals surface area contributed by atoms with Crippen LogP contribution in [0.3, 0.4) is 0 Å². The third-order valence-electron chi connectivity index (χ3n) is 3.48. The highest BCUT2D eigenvalue weighted by Gasteiger charge is 2.09. The van der Waals surface area contributed by atoms with Gasteiger partial charge in [0, 0.05) is 12.4 Å². The van der Waals surface area contributed by atoms with E-state index in [9.17, 15) is 0 Å². The van der Waals surface area contributed by atoms with Crippen LogP contribution in [0.4, 0.5) is 0 Å². The number of nitrogens with zero attached hydrogens (tertiary/aromatic N) is 2. The van der Waals surface area contributed by atoms with Crippen molar-refractivity contribution in [2.24, 2.45) is 0 Å². The van der Waals surface area contributed by atoms with Gasteiger partial charge < -0.3 is 0 Å². The SMILES string of the molecule is CCCCCCc1c(C)ccnc1-c1ccccn1. The molecule has 0 atom stereocenters. The van der Waals surface area contributed by atoms with E-state index in [1.54, 1.807) is 0 Å². The van der Waals surface area contributed by atoms with E-state index in [4.69, 9.17) is 0 Å². The molecule has 0 aromatic carbocycles. The Morgan fingerprint density at radius 1 is 0.947 bits per heavy atom. The molecule has 0 unspecified atom stereocenters. The van der Waals surface area contributed by atoms with Crippen molar-refractivity contribution in [3.63, 3.8) is 0 Å². The summed E-state index contributed by atoms with van der Waals surface area (Å²) in [5.41, 5.74) is 4.72. The van der Waals surface area contributed by atoms with E-state index in [-0.39, 0.29) is 0 Å². The Kier molecular flexibility index (Phi) is 5.08. The number of rotatable bonds is 6. The van der Waals surface area contributed by atoms with E-state index in [2.05, 4.69) is 29.9 Å². The summed E-state index contributed by atoms with van der Waals surface area (Å²) in [6.45, 7) is 4.41. The summed E-state index contributed by atoms with van der Waals surface area (Å²) in [7, 11) is 0. The second-order valence-electron chi connectivity index (χ2n) is 4.98. The number of unbranched alkanes of at least 4 members (excludes halogenated alkanes) is 3. The molecule has 19 heavy (non-hydrogen) atoms. The summed E-state index contributed by atoms with van der Waals surface area (Å²) in [4.78, 5) is 8.98. The van der Waals surface area contributed by atoms with Gasteiger partial charge in [-0.05, 0) is 49.1 Å². The van der Waals surface area contributed by atoms with Crippen molar-refractivity contribution >= 4 is 0 Å². The van der Waals surface area contributed by atoms with Crippen molar-refractivity contribution in [3.05, 3.63) is 47.8 Å². The van der Waals surface area contributed by atoms with Crippen LogP contribution >= 0.6 is 0 Å². The van der Waals surface area contributed by atoms with Gasteiger partial charge in [0.25, 0.3) is 0 Å². The molecule has 2 heteroatoms. The maximum atomic E-state index is 4.55. The lowest BCUT2D eigenvalue weighted by atomic mass is 9.99. The van der Waals surface area contributed by atoms with Crippen molar-refractivity contribution in [1.29, 1.82) is 0 Å². The fourth-order valence-corrected chi connectivity index (χ4v) is 2.36. The van der Waals surface area contributed by atoms with E-state index in [0.717, 1.165) is 17.8 Å². The van der Waals surface area contributed by atoms with E-state index >= 15 is 0 Å². The third kappa shape index (κ3) is 3.63. The van der Waals surface area contributed by atoms with Crippen LogP contribution in [0.2, 0.25) is 0 Å². The normalized spacial score (nSPS) is 10.6. The first-order chi connectivity index (χ1) is 9.33. The monoisotopic (exact) mass is 254 g/mol. The van der Waals surface area contributed by atoms with Crippen LogP contribution < -0.4 is 0 Å². The molecule has 0 bridgehead atoms. The molecule has 0 spiro atoms. The minimum absolute atomic E-state index is 0.983. The highest BCUT2D eigenvalue weighted by molar-refractivity contribution is 5.60. The van der Waals surface area contributed by atoms with Gasteiger partial charge in [0.15, 0.2) is 0 Å². The average molecular weight is 254 g/mol. The first-order valence-electron chi connectivity index (χ1n) is 7.18. The number of hydrogen-bond acceptors (Lipinski definition) is 2. The van der Waals surface area contributed by atoms with Gasteiger partial charge in [-0.1, -0.05) is 32.3 Å². The van der Waals surface area contributed by atoms with Gasteiger partial charge >= 0.3 is 0 Å². The van der Waals surface area contributed by atoms with Crippen LogP contribution in [0.5, 0.6) is 0 Å². The average Bonchev–Trinajstić information content (AvgIpc) is 2.46. The lowest BCUT2D eigenvalue weighted by Gasteiger charge is -2.11. The van der Waals surface area contributed by atoms with Crippen molar-refractivity contribution in [3.8, 4) is 11.4 Å². The molecule has 0 radical (unpaired) electrons. The van der Waals surface area contributed by atoms with E-state index < -0.39 is 0 Å². The van der Waals surface area contributed by atoms with Crippen LogP contribution in [0.15, 0.2) is 36.7 Å². The van der Waals surface area contributed by atoms with E-state index in [0.29, 0.717) is 0 Å². The Labute approximate surface area is 115 Å². The Morgan fingerprint density at radius 3 is 2.58 bits per heavy atom. The van der Waals surface area contributed by atoms with Crippen molar-refractivity contribution < 1.29 is 0 Å². The van der Waals surface area contributed by atoms with Crippen LogP contribution in [0.1, 0.15) is 43.7 Å². The zero-order chi connectivity index (χ0) is 13.5. The Balaban J connectivity index is 2.21. The minimum Gasteiger partial charge on any atom is -0.255 e. The lowest BCUT2D eigenvalue weighted by molar-refractivity contribution is 0.665. The standard InChI is InChI=1S/C17H22N2/c1-3-4-5-6-9-15-14(2)11-13-19-17(15)16-10-7-8-12-18-16/h7-8,10-13H,3-6,9H2,1-2H3. The molecule has 0 amide bonds. The quantitative estimate of drug-likeness (QED) is 0.705. The molecule has 2 aromatic heterocycles. The lowest BCUT2D eigenvalue weighted by Crippen LogP contribution is -1.98. The van der Waals surface area contributed by atoms with E-state index in [1.165, 1.54) is 36.8 Å². The predicted molar refractivity (Wildman–Crippen MR) is 80.1 cm³/mol. The van der Waals surface area contributed by atoms with Crippen LogP contribution in [0.25, 0.3) is 11.4 Å². The van der Waals surface area contributed by atoms with Crippen LogP contribution in [-0.4, -0.2) is 9.97 Å². The zero-order valence-corrected chi connectivity index (χ0v) is 11.9. The van der Waals surface area contributed by atoms with Gasteiger partial charge in [-0.2, -0.15) is 0 Å². The molecular formula is C17H22N2. The molecule has 0 saturated carbocycles. The molecule has 2 heterocycles. The highest BCUT2D eigenvalue weighted by atomic mass is 14.8. The molecule has 2 aromatic rings. The summed E-state index contributed by atoms with van der Waals surface area (Å²) in [6, 6.07) is 8.10. The summed E-state index contributed by atoms with van der Waals surface area (Å²) in [5, 5.41) is 0. The maximum absolute atomic E-state index is 4.55. The molecule has 0 aliphatic heterocycles. The number of aromatic nitrogens is 2. The number of pyridine rings is 2. The summed E-state index contributed by atoms with van der Waals surface area (Å²) >= 11 is 0. The Hall–Kier alpha value is -1.70. The number of hydrogen-bond donors (Lipinski definition) is 0. The Bertz CT molecular complexity index is 506.